The first-order chi connectivity index (χ1) is 12.8. The van der Waals surface area contributed by atoms with E-state index in [0.717, 1.165) is 5.56 Å². The molecule has 27 heavy (non-hydrogen) atoms. The number of carbonyl (C=O) groups excluding carboxylic acids is 2. The largest absolute Gasteiger partial charge is 0.484 e. The van der Waals surface area contributed by atoms with Crippen LogP contribution in [0.2, 0.25) is 0 Å². The maximum atomic E-state index is 12.2. The number of amides is 2. The van der Waals surface area contributed by atoms with Crippen LogP contribution in [0.4, 0.5) is 11.4 Å². The highest BCUT2D eigenvalue weighted by Gasteiger charge is 2.23. The quantitative estimate of drug-likeness (QED) is 0.840. The summed E-state index contributed by atoms with van der Waals surface area (Å²) in [5.41, 5.74) is 3.51. The van der Waals surface area contributed by atoms with Crippen LogP contribution in [0.5, 0.6) is 11.5 Å². The summed E-state index contributed by atoms with van der Waals surface area (Å²) in [4.78, 5) is 23.9. The molecule has 0 radical (unpaired) electrons. The molecule has 2 aromatic carbocycles. The number of hydrogen-bond acceptors (Lipinski definition) is 4. The van der Waals surface area contributed by atoms with Crippen molar-refractivity contribution in [2.75, 3.05) is 17.2 Å². The van der Waals surface area contributed by atoms with E-state index in [2.05, 4.69) is 24.5 Å². The summed E-state index contributed by atoms with van der Waals surface area (Å²) in [7, 11) is 0. The third kappa shape index (κ3) is 4.39. The number of nitrogens with one attached hydrogen (secondary N) is 2. The predicted octanol–water partition coefficient (Wildman–Crippen LogP) is 3.86. The van der Waals surface area contributed by atoms with Crippen LogP contribution in [0, 0.1) is 6.92 Å². The molecule has 0 fully saturated rings. The Hall–Kier alpha value is -3.02. The minimum Gasteiger partial charge on any atom is -0.484 e. The van der Waals surface area contributed by atoms with E-state index in [1.807, 2.05) is 25.1 Å². The van der Waals surface area contributed by atoms with Crippen LogP contribution in [0.1, 0.15) is 37.8 Å². The van der Waals surface area contributed by atoms with E-state index in [4.69, 9.17) is 9.47 Å². The second kappa shape index (κ2) is 7.70. The van der Waals surface area contributed by atoms with Crippen molar-refractivity contribution < 1.29 is 19.1 Å². The van der Waals surface area contributed by atoms with E-state index in [1.54, 1.807) is 25.1 Å². The third-order valence-corrected chi connectivity index (χ3v) is 4.43. The molecule has 0 aromatic heterocycles. The lowest BCUT2D eigenvalue weighted by atomic mass is 9.98. The second-order valence-corrected chi connectivity index (χ2v) is 6.97. The lowest BCUT2D eigenvalue weighted by Gasteiger charge is -2.23. The van der Waals surface area contributed by atoms with Gasteiger partial charge in [-0.2, -0.15) is 0 Å². The molecule has 3 rings (SSSR count). The van der Waals surface area contributed by atoms with Crippen LogP contribution >= 0.6 is 0 Å². The Bertz CT molecular complexity index is 876. The Kier molecular flexibility index (Phi) is 5.35. The standard InChI is InChI=1S/C21H24N2O4/c1-12(2)17-7-6-16(9-13(17)3)26-11-20(24)22-15-5-8-19-18(10-15)23-21(25)14(4)27-19/h5-10,12,14H,11H2,1-4H3,(H,22,24)(H,23,25). The number of anilines is 2. The van der Waals surface area contributed by atoms with Gasteiger partial charge in [0, 0.05) is 5.69 Å². The molecule has 2 N–H and O–H groups in total. The average Bonchev–Trinajstić information content (AvgIpc) is 2.61. The number of carbonyl (C=O) groups is 2. The summed E-state index contributed by atoms with van der Waals surface area (Å²) in [6.45, 7) is 7.90. The maximum absolute atomic E-state index is 12.2. The summed E-state index contributed by atoms with van der Waals surface area (Å²) in [5.74, 6) is 1.19. The molecule has 0 aliphatic carbocycles. The van der Waals surface area contributed by atoms with E-state index in [0.29, 0.717) is 28.8 Å². The summed E-state index contributed by atoms with van der Waals surface area (Å²) < 4.78 is 11.1. The van der Waals surface area contributed by atoms with Gasteiger partial charge in [-0.05, 0) is 61.2 Å². The lowest BCUT2D eigenvalue weighted by molar-refractivity contribution is -0.122. The van der Waals surface area contributed by atoms with Crippen molar-refractivity contribution in [3.8, 4) is 11.5 Å². The minimum absolute atomic E-state index is 0.0998. The van der Waals surface area contributed by atoms with Gasteiger partial charge in [0.25, 0.3) is 11.8 Å². The first kappa shape index (κ1) is 18.8. The van der Waals surface area contributed by atoms with Gasteiger partial charge in [-0.25, -0.2) is 0 Å². The zero-order valence-electron chi connectivity index (χ0n) is 16.0. The maximum Gasteiger partial charge on any atom is 0.265 e. The predicted molar refractivity (Wildman–Crippen MR) is 105 cm³/mol. The molecule has 1 heterocycles. The fraction of sp³-hybridized carbons (Fsp3) is 0.333. The Morgan fingerprint density at radius 1 is 1.26 bits per heavy atom. The van der Waals surface area contributed by atoms with Gasteiger partial charge in [-0.1, -0.05) is 19.9 Å². The number of rotatable bonds is 5. The van der Waals surface area contributed by atoms with Gasteiger partial charge >= 0.3 is 0 Å². The van der Waals surface area contributed by atoms with Crippen molar-refractivity contribution in [2.24, 2.45) is 0 Å². The molecule has 1 unspecified atom stereocenters. The van der Waals surface area contributed by atoms with Crippen LogP contribution in [0.25, 0.3) is 0 Å². The lowest BCUT2D eigenvalue weighted by Crippen LogP contribution is -2.34. The van der Waals surface area contributed by atoms with Crippen LogP contribution in [-0.2, 0) is 9.59 Å². The molecule has 1 aliphatic rings. The minimum atomic E-state index is -0.531. The molecule has 0 saturated heterocycles. The van der Waals surface area contributed by atoms with Gasteiger partial charge in [0.05, 0.1) is 5.69 Å². The topological polar surface area (TPSA) is 76.7 Å². The summed E-state index contributed by atoms with van der Waals surface area (Å²) in [5, 5.41) is 5.52. The average molecular weight is 368 g/mol. The van der Waals surface area contributed by atoms with E-state index >= 15 is 0 Å². The van der Waals surface area contributed by atoms with Gasteiger partial charge in [-0.15, -0.1) is 0 Å². The number of benzene rings is 2. The molecular weight excluding hydrogens is 344 g/mol. The highest BCUT2D eigenvalue weighted by atomic mass is 16.5. The van der Waals surface area contributed by atoms with Crippen LogP contribution < -0.4 is 20.1 Å². The molecule has 1 aliphatic heterocycles. The molecule has 6 nitrogen and oxygen atoms in total. The molecule has 0 bridgehead atoms. The Balaban J connectivity index is 1.59. The van der Waals surface area contributed by atoms with Crippen LogP contribution in [-0.4, -0.2) is 24.5 Å². The number of ether oxygens (including phenoxy) is 2. The zero-order valence-corrected chi connectivity index (χ0v) is 16.0. The highest BCUT2D eigenvalue weighted by Crippen LogP contribution is 2.32. The number of aryl methyl sites for hydroxylation is 1. The molecule has 142 valence electrons. The first-order valence-corrected chi connectivity index (χ1v) is 8.98. The van der Waals surface area contributed by atoms with Gasteiger partial charge < -0.3 is 20.1 Å². The van der Waals surface area contributed by atoms with Crippen molar-refractivity contribution in [3.63, 3.8) is 0 Å². The summed E-state index contributed by atoms with van der Waals surface area (Å²) in [6, 6.07) is 11.0. The summed E-state index contributed by atoms with van der Waals surface area (Å²) in [6.07, 6.45) is -0.531. The molecular formula is C21H24N2O4. The van der Waals surface area contributed by atoms with Gasteiger partial charge in [0.2, 0.25) is 0 Å². The van der Waals surface area contributed by atoms with E-state index in [9.17, 15) is 9.59 Å². The van der Waals surface area contributed by atoms with Crippen molar-refractivity contribution >= 4 is 23.2 Å². The van der Waals surface area contributed by atoms with Crippen molar-refractivity contribution in [3.05, 3.63) is 47.5 Å². The van der Waals surface area contributed by atoms with Gasteiger partial charge in [0.15, 0.2) is 12.7 Å². The van der Waals surface area contributed by atoms with Crippen LogP contribution in [0.15, 0.2) is 36.4 Å². The van der Waals surface area contributed by atoms with E-state index in [-0.39, 0.29) is 18.4 Å². The first-order valence-electron chi connectivity index (χ1n) is 8.98. The Labute approximate surface area is 158 Å². The zero-order chi connectivity index (χ0) is 19.6. The fourth-order valence-electron chi connectivity index (χ4n) is 3.02. The third-order valence-electron chi connectivity index (χ3n) is 4.43. The molecule has 0 saturated carbocycles. The van der Waals surface area contributed by atoms with Gasteiger partial charge in [0.1, 0.15) is 11.5 Å². The Morgan fingerprint density at radius 3 is 2.74 bits per heavy atom. The molecule has 2 aromatic rings. The fourth-order valence-corrected chi connectivity index (χ4v) is 3.02. The number of hydrogen-bond donors (Lipinski definition) is 2. The smallest absolute Gasteiger partial charge is 0.265 e. The van der Waals surface area contributed by atoms with E-state index < -0.39 is 6.10 Å². The van der Waals surface area contributed by atoms with Crippen molar-refractivity contribution in [2.45, 2.75) is 39.7 Å². The molecule has 6 heteroatoms. The Morgan fingerprint density at radius 2 is 2.04 bits per heavy atom. The van der Waals surface area contributed by atoms with Crippen molar-refractivity contribution in [1.29, 1.82) is 0 Å². The second-order valence-electron chi connectivity index (χ2n) is 6.97. The van der Waals surface area contributed by atoms with E-state index in [1.165, 1.54) is 5.56 Å². The highest BCUT2D eigenvalue weighted by molar-refractivity contribution is 5.99. The van der Waals surface area contributed by atoms with Crippen molar-refractivity contribution in [1.82, 2.24) is 0 Å². The number of fused-ring (bicyclic) bond motifs is 1. The molecule has 0 spiro atoms. The van der Waals surface area contributed by atoms with Crippen LogP contribution in [0.3, 0.4) is 0 Å². The normalized spacial score (nSPS) is 15.6. The SMILES string of the molecule is Cc1cc(OCC(=O)Nc2ccc3c(c2)NC(=O)C(C)O3)ccc1C(C)C. The monoisotopic (exact) mass is 368 g/mol. The molecule has 1 atom stereocenters. The van der Waals surface area contributed by atoms with Gasteiger partial charge in [-0.3, -0.25) is 9.59 Å². The molecule has 2 amide bonds. The summed E-state index contributed by atoms with van der Waals surface area (Å²) >= 11 is 0.